The first kappa shape index (κ1) is 9.04. The molecule has 0 heterocycles. The van der Waals surface area contributed by atoms with Gasteiger partial charge in [-0.15, -0.1) is 0 Å². The van der Waals surface area contributed by atoms with Crippen molar-refractivity contribution in [1.82, 2.24) is 0 Å². The summed E-state index contributed by atoms with van der Waals surface area (Å²) in [6, 6.07) is 9.39. The van der Waals surface area contributed by atoms with Crippen LogP contribution in [0.3, 0.4) is 0 Å². The van der Waals surface area contributed by atoms with Crippen LogP contribution >= 0.6 is 8.25 Å². The van der Waals surface area contributed by atoms with Crippen LogP contribution in [-0.2, 0) is 9.09 Å². The molecular weight excluding hydrogens is 175 g/mol. The highest BCUT2D eigenvalue weighted by molar-refractivity contribution is 7.32. The molecule has 1 rings (SSSR count). The monoisotopic (exact) mass is 184 g/mol. The normalized spacial score (nSPS) is 13.1. The predicted molar refractivity (Wildman–Crippen MR) is 47.8 cm³/mol. The second-order valence-electron chi connectivity index (χ2n) is 2.10. The fraction of sp³-hybridized carbons (Fsp3) is 0. The lowest BCUT2D eigenvalue weighted by Gasteiger charge is -1.92. The fourth-order valence-electron chi connectivity index (χ4n) is 0.735. The molecule has 0 radical (unpaired) electrons. The molecule has 12 heavy (non-hydrogen) atoms. The molecule has 0 aromatic heterocycles. The largest absolute Gasteiger partial charge is 0.434 e. The quantitative estimate of drug-likeness (QED) is 0.577. The van der Waals surface area contributed by atoms with E-state index in [1.54, 1.807) is 6.08 Å². The average molecular weight is 184 g/mol. The van der Waals surface area contributed by atoms with Crippen LogP contribution in [0.25, 0.3) is 6.08 Å². The van der Waals surface area contributed by atoms with Gasteiger partial charge in [-0.25, -0.2) is 4.57 Å². The van der Waals surface area contributed by atoms with E-state index in [2.05, 4.69) is 4.52 Å². The Bertz CT molecular complexity index is 282. The molecule has 1 aromatic carbocycles. The SMILES string of the molecule is O=[PH](O)OC=Cc1ccccc1. The lowest BCUT2D eigenvalue weighted by atomic mass is 10.2. The van der Waals surface area contributed by atoms with Crippen LogP contribution in [0.15, 0.2) is 36.6 Å². The van der Waals surface area contributed by atoms with Crippen LogP contribution in [0.2, 0.25) is 0 Å². The first-order valence-corrected chi connectivity index (χ1v) is 4.66. The average Bonchev–Trinajstić information content (AvgIpc) is 2.05. The van der Waals surface area contributed by atoms with E-state index in [0.29, 0.717) is 0 Å². The van der Waals surface area contributed by atoms with E-state index in [-0.39, 0.29) is 0 Å². The number of rotatable bonds is 3. The standard InChI is InChI=1S/C8H9O3P/c9-12(10)11-7-6-8-4-2-1-3-5-8/h1-7,12H,(H,9,10). The summed E-state index contributed by atoms with van der Waals surface area (Å²) >= 11 is 0. The summed E-state index contributed by atoms with van der Waals surface area (Å²) in [6.45, 7) is 0. The van der Waals surface area contributed by atoms with Gasteiger partial charge in [-0.3, -0.25) is 0 Å². The third kappa shape index (κ3) is 3.37. The van der Waals surface area contributed by atoms with E-state index in [1.165, 1.54) is 6.26 Å². The Morgan fingerprint density at radius 3 is 2.58 bits per heavy atom. The van der Waals surface area contributed by atoms with Gasteiger partial charge in [0.25, 0.3) is 0 Å². The molecule has 3 nitrogen and oxygen atoms in total. The first-order chi connectivity index (χ1) is 5.79. The van der Waals surface area contributed by atoms with Crippen LogP contribution in [-0.4, -0.2) is 4.89 Å². The van der Waals surface area contributed by atoms with E-state index in [4.69, 9.17) is 4.89 Å². The van der Waals surface area contributed by atoms with Gasteiger partial charge >= 0.3 is 8.25 Å². The Morgan fingerprint density at radius 1 is 1.33 bits per heavy atom. The van der Waals surface area contributed by atoms with Crippen molar-refractivity contribution in [3.63, 3.8) is 0 Å². The Hall–Kier alpha value is -1.05. The number of hydrogen-bond acceptors (Lipinski definition) is 2. The highest BCUT2D eigenvalue weighted by Gasteiger charge is 1.85. The van der Waals surface area contributed by atoms with Gasteiger partial charge in [0, 0.05) is 0 Å². The smallest absolute Gasteiger partial charge is 0.364 e. The fourth-order valence-corrected chi connectivity index (χ4v) is 0.919. The Labute approximate surface area is 71.3 Å². The molecule has 0 bridgehead atoms. The zero-order valence-corrected chi connectivity index (χ0v) is 7.31. The highest BCUT2D eigenvalue weighted by Crippen LogP contribution is 2.15. The molecular formula is C8H9O3P. The third-order valence-electron chi connectivity index (χ3n) is 1.23. The lowest BCUT2D eigenvalue weighted by Crippen LogP contribution is -1.69. The number of hydrogen-bond donors (Lipinski definition) is 1. The Kier molecular flexibility index (Phi) is 3.58. The van der Waals surface area contributed by atoms with Gasteiger partial charge in [-0.2, -0.15) is 0 Å². The third-order valence-corrected chi connectivity index (χ3v) is 1.57. The molecule has 1 N–H and O–H groups in total. The van der Waals surface area contributed by atoms with Crippen molar-refractivity contribution in [2.24, 2.45) is 0 Å². The Balaban J connectivity index is 2.52. The van der Waals surface area contributed by atoms with E-state index >= 15 is 0 Å². The first-order valence-electron chi connectivity index (χ1n) is 3.40. The summed E-state index contributed by atoms with van der Waals surface area (Å²) in [6.07, 6.45) is 2.84. The van der Waals surface area contributed by atoms with Crippen LogP contribution < -0.4 is 0 Å². The molecule has 1 aromatic rings. The molecule has 0 fully saturated rings. The molecule has 0 saturated carbocycles. The topological polar surface area (TPSA) is 46.5 Å². The van der Waals surface area contributed by atoms with Gasteiger partial charge in [0.2, 0.25) is 0 Å². The summed E-state index contributed by atoms with van der Waals surface area (Å²) in [5, 5.41) is 0. The molecule has 0 saturated heterocycles. The van der Waals surface area contributed by atoms with Gasteiger partial charge in [0.1, 0.15) is 0 Å². The lowest BCUT2D eigenvalue weighted by molar-refractivity contribution is 0.379. The van der Waals surface area contributed by atoms with Gasteiger partial charge < -0.3 is 9.42 Å². The van der Waals surface area contributed by atoms with Crippen molar-refractivity contribution in [3.8, 4) is 0 Å². The minimum Gasteiger partial charge on any atom is -0.434 e. The van der Waals surface area contributed by atoms with Crippen molar-refractivity contribution in [2.45, 2.75) is 0 Å². The van der Waals surface area contributed by atoms with Crippen LogP contribution in [0.4, 0.5) is 0 Å². The van der Waals surface area contributed by atoms with E-state index in [9.17, 15) is 4.57 Å². The van der Waals surface area contributed by atoms with E-state index < -0.39 is 8.25 Å². The second-order valence-corrected chi connectivity index (χ2v) is 2.86. The predicted octanol–water partition coefficient (Wildman–Crippen LogP) is 2.06. The maximum absolute atomic E-state index is 10.1. The van der Waals surface area contributed by atoms with Crippen LogP contribution in [0, 0.1) is 0 Å². The summed E-state index contributed by atoms with van der Waals surface area (Å²) in [7, 11) is -2.84. The molecule has 0 aliphatic heterocycles. The zero-order valence-electron chi connectivity index (χ0n) is 6.31. The molecule has 0 amide bonds. The minimum absolute atomic E-state index is 0.931. The summed E-state index contributed by atoms with van der Waals surface area (Å²) in [4.78, 5) is 8.30. The molecule has 0 aliphatic rings. The Morgan fingerprint density at radius 2 is 2.00 bits per heavy atom. The van der Waals surface area contributed by atoms with Gasteiger partial charge in [0.05, 0.1) is 6.26 Å². The summed E-state index contributed by atoms with van der Waals surface area (Å²) in [5.74, 6) is 0. The number of benzene rings is 1. The van der Waals surface area contributed by atoms with Gasteiger partial charge in [-0.05, 0) is 11.6 Å². The van der Waals surface area contributed by atoms with Crippen LogP contribution in [0.1, 0.15) is 5.56 Å². The zero-order chi connectivity index (χ0) is 8.81. The molecule has 0 aliphatic carbocycles. The van der Waals surface area contributed by atoms with Crippen molar-refractivity contribution in [3.05, 3.63) is 42.2 Å². The maximum Gasteiger partial charge on any atom is 0.364 e. The van der Waals surface area contributed by atoms with Crippen LogP contribution in [0.5, 0.6) is 0 Å². The molecule has 4 heteroatoms. The highest BCUT2D eigenvalue weighted by atomic mass is 31.1. The minimum atomic E-state index is -2.84. The van der Waals surface area contributed by atoms with E-state index in [1.807, 2.05) is 30.3 Å². The van der Waals surface area contributed by atoms with Crippen molar-refractivity contribution in [1.29, 1.82) is 0 Å². The second kappa shape index (κ2) is 4.75. The van der Waals surface area contributed by atoms with E-state index in [0.717, 1.165) is 5.56 Å². The van der Waals surface area contributed by atoms with Crippen molar-refractivity contribution in [2.75, 3.05) is 0 Å². The maximum atomic E-state index is 10.1. The summed E-state index contributed by atoms with van der Waals surface area (Å²) < 4.78 is 14.5. The van der Waals surface area contributed by atoms with Gasteiger partial charge in [0.15, 0.2) is 0 Å². The molecule has 1 unspecified atom stereocenters. The van der Waals surface area contributed by atoms with Crippen molar-refractivity contribution >= 4 is 14.3 Å². The van der Waals surface area contributed by atoms with Crippen molar-refractivity contribution < 1.29 is 14.0 Å². The molecule has 0 spiro atoms. The summed E-state index contributed by atoms with van der Waals surface area (Å²) in [5.41, 5.74) is 0.931. The van der Waals surface area contributed by atoms with Gasteiger partial charge in [-0.1, -0.05) is 30.3 Å². The molecule has 1 atom stereocenters. The molecule has 64 valence electrons.